The normalized spacial score (nSPS) is 14.1. The van der Waals surface area contributed by atoms with Crippen LogP contribution in [0, 0.1) is 0 Å². The van der Waals surface area contributed by atoms with Crippen LogP contribution in [0.15, 0.2) is 81.4 Å². The number of hydrogen-bond acceptors (Lipinski definition) is 5. The second kappa shape index (κ2) is 8.96. The summed E-state index contributed by atoms with van der Waals surface area (Å²) in [4.78, 5) is 5.82. The van der Waals surface area contributed by atoms with Crippen LogP contribution < -0.4 is 9.47 Å². The summed E-state index contributed by atoms with van der Waals surface area (Å²) in [5, 5.41) is 0. The van der Waals surface area contributed by atoms with Crippen molar-refractivity contribution in [3.63, 3.8) is 0 Å². The zero-order valence-electron chi connectivity index (χ0n) is 17.8. The molecular weight excluding hydrogens is 410 g/mol. The molecule has 0 radical (unpaired) electrons. The predicted octanol–water partition coefficient (Wildman–Crippen LogP) is 7.30. The van der Waals surface area contributed by atoms with Gasteiger partial charge in [-0.25, -0.2) is 0 Å². The second-order valence-electron chi connectivity index (χ2n) is 8.42. The summed E-state index contributed by atoms with van der Waals surface area (Å²) in [6, 6.07) is 23.0. The first-order chi connectivity index (χ1) is 14.3. The van der Waals surface area contributed by atoms with Gasteiger partial charge in [0.05, 0.1) is 0 Å². The van der Waals surface area contributed by atoms with Crippen LogP contribution in [0.2, 0.25) is 0 Å². The molecule has 1 aliphatic heterocycles. The van der Waals surface area contributed by atoms with Gasteiger partial charge in [0.15, 0.2) is 0 Å². The first kappa shape index (κ1) is 21.2. The van der Waals surface area contributed by atoms with E-state index in [1.54, 1.807) is 11.8 Å². The summed E-state index contributed by atoms with van der Waals surface area (Å²) in [7, 11) is 2.07. The Bertz CT molecular complexity index is 995. The molecule has 3 aromatic rings. The maximum absolute atomic E-state index is 6.01. The number of nitrogens with zero attached hydrogens (tertiary/aromatic N) is 1. The van der Waals surface area contributed by atoms with E-state index in [4.69, 9.17) is 9.47 Å². The highest BCUT2D eigenvalue weighted by atomic mass is 32.2. The maximum atomic E-state index is 6.01. The van der Waals surface area contributed by atoms with Gasteiger partial charge >= 0.3 is 0 Å². The lowest BCUT2D eigenvalue weighted by Gasteiger charge is -2.25. The quantitative estimate of drug-likeness (QED) is 0.389. The fourth-order valence-electron chi connectivity index (χ4n) is 3.18. The molecule has 0 fully saturated rings. The van der Waals surface area contributed by atoms with Crippen molar-refractivity contribution in [3.05, 3.63) is 72.3 Å². The van der Waals surface area contributed by atoms with Crippen molar-refractivity contribution in [1.82, 2.24) is 4.90 Å². The van der Waals surface area contributed by atoms with E-state index in [1.165, 1.54) is 20.2 Å². The topological polar surface area (TPSA) is 21.7 Å². The van der Waals surface area contributed by atoms with Gasteiger partial charge in [-0.2, -0.15) is 0 Å². The molecule has 0 amide bonds. The average molecular weight is 438 g/mol. The third-order valence-corrected chi connectivity index (χ3v) is 6.57. The second-order valence-corrected chi connectivity index (χ2v) is 11.5. The minimum atomic E-state index is 0.205. The molecule has 1 aliphatic rings. The maximum Gasteiger partial charge on any atom is 0.142 e. The monoisotopic (exact) mass is 437 g/mol. The molecule has 156 valence electrons. The van der Waals surface area contributed by atoms with E-state index in [9.17, 15) is 0 Å². The molecular formula is C25H27NO2S2. The molecule has 0 spiro atoms. The van der Waals surface area contributed by atoms with Crippen LogP contribution in [0.5, 0.6) is 17.2 Å². The lowest BCUT2D eigenvalue weighted by atomic mass is 10.2. The smallest absolute Gasteiger partial charge is 0.142 e. The van der Waals surface area contributed by atoms with Crippen molar-refractivity contribution in [2.24, 2.45) is 0 Å². The van der Waals surface area contributed by atoms with E-state index in [0.717, 1.165) is 23.8 Å². The van der Waals surface area contributed by atoms with Crippen molar-refractivity contribution < 1.29 is 9.47 Å². The van der Waals surface area contributed by atoms with Crippen molar-refractivity contribution in [1.29, 1.82) is 0 Å². The molecule has 3 aromatic carbocycles. The van der Waals surface area contributed by atoms with Crippen LogP contribution in [0.25, 0.3) is 0 Å². The summed E-state index contributed by atoms with van der Waals surface area (Å²) in [6.07, 6.45) is 0. The zero-order chi connectivity index (χ0) is 21.1. The molecule has 5 heteroatoms. The molecule has 30 heavy (non-hydrogen) atoms. The number of ether oxygens (including phenoxy) is 2. The van der Waals surface area contributed by atoms with Crippen LogP contribution in [-0.2, 0) is 6.54 Å². The number of benzene rings is 3. The fourth-order valence-corrected chi connectivity index (χ4v) is 5.04. The average Bonchev–Trinajstić information content (AvgIpc) is 2.69. The SMILES string of the molecule is CN1COc2ccc(Sc3ccc(Oc4ccc(SC(C)(C)C)cc4)cc3)cc2C1. The van der Waals surface area contributed by atoms with E-state index < -0.39 is 0 Å². The summed E-state index contributed by atoms with van der Waals surface area (Å²) in [5.74, 6) is 2.69. The van der Waals surface area contributed by atoms with Gasteiger partial charge in [-0.3, -0.25) is 4.90 Å². The number of fused-ring (bicyclic) bond motifs is 1. The fraction of sp³-hybridized carbons (Fsp3) is 0.280. The van der Waals surface area contributed by atoms with Gasteiger partial charge < -0.3 is 9.47 Å². The number of rotatable bonds is 5. The third-order valence-electron chi connectivity index (χ3n) is 4.46. The van der Waals surface area contributed by atoms with E-state index in [0.29, 0.717) is 6.73 Å². The molecule has 0 aromatic heterocycles. The Kier molecular flexibility index (Phi) is 6.32. The summed E-state index contributed by atoms with van der Waals surface area (Å²) in [5.41, 5.74) is 1.24. The van der Waals surface area contributed by atoms with Gasteiger partial charge in [0, 0.05) is 31.5 Å². The molecule has 0 saturated carbocycles. The Morgan fingerprint density at radius 1 is 0.833 bits per heavy atom. The highest BCUT2D eigenvalue weighted by molar-refractivity contribution is 8.00. The van der Waals surface area contributed by atoms with Crippen molar-refractivity contribution >= 4 is 23.5 Å². The molecule has 0 N–H and O–H groups in total. The highest BCUT2D eigenvalue weighted by Gasteiger charge is 2.15. The van der Waals surface area contributed by atoms with Gasteiger partial charge in [0.25, 0.3) is 0 Å². The van der Waals surface area contributed by atoms with Crippen LogP contribution in [0.1, 0.15) is 26.3 Å². The molecule has 1 heterocycles. The van der Waals surface area contributed by atoms with Crippen LogP contribution in [0.4, 0.5) is 0 Å². The third kappa shape index (κ3) is 5.75. The minimum absolute atomic E-state index is 0.205. The Labute approximate surface area is 187 Å². The molecule has 4 rings (SSSR count). The van der Waals surface area contributed by atoms with Crippen molar-refractivity contribution in [2.75, 3.05) is 13.8 Å². The number of hydrogen-bond donors (Lipinski definition) is 0. The first-order valence-corrected chi connectivity index (χ1v) is 11.7. The van der Waals surface area contributed by atoms with Crippen LogP contribution >= 0.6 is 23.5 Å². The van der Waals surface area contributed by atoms with E-state index >= 15 is 0 Å². The van der Waals surface area contributed by atoms with Gasteiger partial charge in [-0.15, -0.1) is 11.8 Å². The molecule has 0 saturated heterocycles. The van der Waals surface area contributed by atoms with Gasteiger partial charge in [0.1, 0.15) is 24.0 Å². The lowest BCUT2D eigenvalue weighted by Crippen LogP contribution is -2.27. The van der Waals surface area contributed by atoms with E-state index in [-0.39, 0.29) is 4.75 Å². The van der Waals surface area contributed by atoms with Crippen LogP contribution in [0.3, 0.4) is 0 Å². The number of thioether (sulfide) groups is 1. The minimum Gasteiger partial charge on any atom is -0.478 e. The largest absolute Gasteiger partial charge is 0.478 e. The van der Waals surface area contributed by atoms with Crippen LogP contribution in [-0.4, -0.2) is 23.4 Å². The summed E-state index contributed by atoms with van der Waals surface area (Å²) >= 11 is 3.61. The van der Waals surface area contributed by atoms with E-state index in [1.807, 2.05) is 36.0 Å². The Morgan fingerprint density at radius 2 is 1.43 bits per heavy atom. The molecule has 0 atom stereocenters. The zero-order valence-corrected chi connectivity index (χ0v) is 19.5. The van der Waals surface area contributed by atoms with Crippen molar-refractivity contribution in [2.45, 2.75) is 46.7 Å². The van der Waals surface area contributed by atoms with Gasteiger partial charge in [-0.05, 0) is 73.8 Å². The van der Waals surface area contributed by atoms with Gasteiger partial charge in [0.2, 0.25) is 0 Å². The summed E-state index contributed by atoms with van der Waals surface area (Å²) in [6.45, 7) is 8.23. The molecule has 0 unspecified atom stereocenters. The molecule has 3 nitrogen and oxygen atoms in total. The standard InChI is InChI=1S/C25H27NO2S2/c1-25(2,3)30-22-11-7-20(8-12-22)28-19-5-9-21(10-6-19)29-23-13-14-24-18(15-23)16-26(4)17-27-24/h5-15H,16-17H2,1-4H3. The first-order valence-electron chi connectivity index (χ1n) is 10.0. The predicted molar refractivity (Wildman–Crippen MR) is 126 cm³/mol. The van der Waals surface area contributed by atoms with Gasteiger partial charge in [-0.1, -0.05) is 32.5 Å². The van der Waals surface area contributed by atoms with E-state index in [2.05, 4.69) is 75.2 Å². The molecule has 0 aliphatic carbocycles. The van der Waals surface area contributed by atoms with Crippen molar-refractivity contribution in [3.8, 4) is 17.2 Å². The Balaban J connectivity index is 1.38. The molecule has 0 bridgehead atoms. The Hall–Kier alpha value is -2.08. The highest BCUT2D eigenvalue weighted by Crippen LogP contribution is 2.35. The lowest BCUT2D eigenvalue weighted by molar-refractivity contribution is 0.121. The Morgan fingerprint density at radius 3 is 2.07 bits per heavy atom. The summed E-state index contributed by atoms with van der Waals surface area (Å²) < 4.78 is 12.0.